The van der Waals surface area contributed by atoms with Crippen molar-refractivity contribution in [2.24, 2.45) is 5.11 Å². The molecule has 0 aliphatic heterocycles. The summed E-state index contributed by atoms with van der Waals surface area (Å²) in [5, 5.41) is 12.9. The van der Waals surface area contributed by atoms with Crippen LogP contribution in [0.15, 0.2) is 96.5 Å². The van der Waals surface area contributed by atoms with Gasteiger partial charge in [-0.05, 0) is 73.6 Å². The molecule has 0 spiro atoms. The van der Waals surface area contributed by atoms with Crippen molar-refractivity contribution in [3.05, 3.63) is 113 Å². The van der Waals surface area contributed by atoms with Gasteiger partial charge in [-0.3, -0.25) is 9.78 Å². The van der Waals surface area contributed by atoms with Gasteiger partial charge in [-0.2, -0.15) is 0 Å². The molecule has 4 aromatic rings. The number of ether oxygens (including phenoxy) is 2. The Morgan fingerprint density at radius 2 is 1.78 bits per heavy atom. The maximum Gasteiger partial charge on any atom is 0.248 e. The Kier molecular flexibility index (Phi) is 12.7. The molecule has 2 aromatic carbocycles. The van der Waals surface area contributed by atoms with Crippen LogP contribution >= 0.6 is 0 Å². The molecule has 4 rings (SSSR count). The van der Waals surface area contributed by atoms with Crippen molar-refractivity contribution in [3.8, 4) is 5.75 Å². The average Bonchev–Trinajstić information content (AvgIpc) is 3.03. The standard InChI is InChI=1S/C32H36N10O3/c1-24-19-27(11-12-29(24)45-22-28-7-3-4-13-34-28)39-31-21-30(35-23-36-31)38-25-8-5-9-26(20-25)40-32(43)10-6-15-42(2)16-18-44-17-14-37-41-33/h3-13,19-21,23H,14-18,22H2,1-2H3,(H,40,43)(H2,35,36,38,39)/b10-6+. The summed E-state index contributed by atoms with van der Waals surface area (Å²) in [6, 6.07) is 20.8. The van der Waals surface area contributed by atoms with E-state index < -0.39 is 0 Å². The largest absolute Gasteiger partial charge is 0.487 e. The monoisotopic (exact) mass is 608 g/mol. The number of aromatic nitrogens is 3. The van der Waals surface area contributed by atoms with Gasteiger partial charge < -0.3 is 30.3 Å². The molecule has 13 heteroatoms. The fourth-order valence-corrected chi connectivity index (χ4v) is 4.08. The fraction of sp³-hybridized carbons (Fsp3) is 0.250. The summed E-state index contributed by atoms with van der Waals surface area (Å²) < 4.78 is 11.3. The van der Waals surface area contributed by atoms with Crippen molar-refractivity contribution in [1.82, 2.24) is 19.9 Å². The highest BCUT2D eigenvalue weighted by Gasteiger charge is 2.06. The first kappa shape index (κ1) is 32.4. The Balaban J connectivity index is 1.25. The highest BCUT2D eigenvalue weighted by atomic mass is 16.5. The van der Waals surface area contributed by atoms with Crippen LogP contribution in [-0.4, -0.2) is 65.7 Å². The SMILES string of the molecule is Cc1cc(Nc2cc(Nc3cccc(NC(=O)/C=C/CN(C)CCOCCN=[N+]=[N-])c3)ncn2)ccc1OCc1ccccn1. The molecule has 45 heavy (non-hydrogen) atoms. The highest BCUT2D eigenvalue weighted by Crippen LogP contribution is 2.26. The molecular formula is C32H36N10O3. The van der Waals surface area contributed by atoms with Gasteiger partial charge in [-0.15, -0.1) is 0 Å². The van der Waals surface area contributed by atoms with E-state index in [0.717, 1.165) is 28.4 Å². The van der Waals surface area contributed by atoms with Crippen LogP contribution in [0.1, 0.15) is 11.3 Å². The lowest BCUT2D eigenvalue weighted by Gasteiger charge is -2.14. The molecule has 1 amide bonds. The van der Waals surface area contributed by atoms with Gasteiger partial charge in [0.05, 0.1) is 18.9 Å². The second-order valence-electron chi connectivity index (χ2n) is 9.93. The Morgan fingerprint density at radius 1 is 0.978 bits per heavy atom. The molecule has 0 aliphatic carbocycles. The van der Waals surface area contributed by atoms with Crippen LogP contribution in [0.3, 0.4) is 0 Å². The number of nitrogens with zero attached hydrogens (tertiary/aromatic N) is 7. The lowest BCUT2D eigenvalue weighted by atomic mass is 10.2. The second kappa shape index (κ2) is 17.6. The van der Waals surface area contributed by atoms with Crippen LogP contribution in [0.2, 0.25) is 0 Å². The van der Waals surface area contributed by atoms with E-state index >= 15 is 0 Å². The molecule has 13 nitrogen and oxygen atoms in total. The number of rotatable bonds is 17. The third-order valence-electron chi connectivity index (χ3n) is 6.32. The van der Waals surface area contributed by atoms with Crippen molar-refractivity contribution in [2.45, 2.75) is 13.5 Å². The van der Waals surface area contributed by atoms with Gasteiger partial charge in [0, 0.05) is 59.9 Å². The van der Waals surface area contributed by atoms with Crippen LogP contribution in [0, 0.1) is 6.92 Å². The zero-order valence-electron chi connectivity index (χ0n) is 25.3. The van der Waals surface area contributed by atoms with Crippen molar-refractivity contribution in [2.75, 3.05) is 55.8 Å². The summed E-state index contributed by atoms with van der Waals surface area (Å²) >= 11 is 0. The zero-order chi connectivity index (χ0) is 31.7. The molecule has 0 fully saturated rings. The fourth-order valence-electron chi connectivity index (χ4n) is 4.08. The maximum atomic E-state index is 12.4. The van der Waals surface area contributed by atoms with Crippen LogP contribution < -0.4 is 20.7 Å². The molecule has 0 bridgehead atoms. The number of hydrogen-bond acceptors (Lipinski definition) is 10. The molecule has 2 aromatic heterocycles. The number of azide groups is 1. The smallest absolute Gasteiger partial charge is 0.248 e. The van der Waals surface area contributed by atoms with E-state index in [1.165, 1.54) is 12.4 Å². The molecule has 2 heterocycles. The number of nitrogens with one attached hydrogen (secondary N) is 3. The van der Waals surface area contributed by atoms with E-state index in [-0.39, 0.29) is 5.91 Å². The predicted molar refractivity (Wildman–Crippen MR) is 175 cm³/mol. The summed E-state index contributed by atoms with van der Waals surface area (Å²) in [4.78, 5) is 30.1. The van der Waals surface area contributed by atoms with E-state index in [2.05, 4.69) is 40.9 Å². The quantitative estimate of drug-likeness (QED) is 0.0429. The molecule has 3 N–H and O–H groups in total. The number of anilines is 5. The summed E-state index contributed by atoms with van der Waals surface area (Å²) in [5.41, 5.74) is 12.4. The molecule has 232 valence electrons. The third-order valence-corrected chi connectivity index (χ3v) is 6.32. The second-order valence-corrected chi connectivity index (χ2v) is 9.93. The minimum atomic E-state index is -0.233. The van der Waals surface area contributed by atoms with Gasteiger partial charge >= 0.3 is 0 Å². The Labute approximate surface area is 262 Å². The first-order valence-corrected chi connectivity index (χ1v) is 14.3. The minimum Gasteiger partial charge on any atom is -0.487 e. The Hall–Kier alpha value is -5.49. The lowest BCUT2D eigenvalue weighted by molar-refractivity contribution is -0.111. The van der Waals surface area contributed by atoms with Crippen LogP contribution in [0.5, 0.6) is 5.75 Å². The number of carbonyl (C=O) groups excluding carboxylic acids is 1. The van der Waals surface area contributed by atoms with E-state index in [4.69, 9.17) is 15.0 Å². The van der Waals surface area contributed by atoms with Crippen molar-refractivity contribution in [1.29, 1.82) is 0 Å². The van der Waals surface area contributed by atoms with Crippen LogP contribution in [0.25, 0.3) is 10.4 Å². The molecule has 0 saturated heterocycles. The normalized spacial score (nSPS) is 10.8. The minimum absolute atomic E-state index is 0.233. The first-order chi connectivity index (χ1) is 22.0. The Morgan fingerprint density at radius 3 is 2.53 bits per heavy atom. The van der Waals surface area contributed by atoms with Crippen molar-refractivity contribution >= 4 is 34.6 Å². The maximum absolute atomic E-state index is 12.4. The van der Waals surface area contributed by atoms with E-state index in [1.807, 2.05) is 79.5 Å². The van der Waals surface area contributed by atoms with Gasteiger partial charge in [0.15, 0.2) is 0 Å². The van der Waals surface area contributed by atoms with Gasteiger partial charge in [-0.1, -0.05) is 23.3 Å². The van der Waals surface area contributed by atoms with Gasteiger partial charge in [0.1, 0.15) is 30.3 Å². The summed E-state index contributed by atoms with van der Waals surface area (Å²) in [6.07, 6.45) is 6.52. The van der Waals surface area contributed by atoms with Crippen molar-refractivity contribution in [3.63, 3.8) is 0 Å². The van der Waals surface area contributed by atoms with Gasteiger partial charge in [-0.25, -0.2) is 9.97 Å². The number of amides is 1. The first-order valence-electron chi connectivity index (χ1n) is 14.3. The third kappa shape index (κ3) is 11.6. The molecule has 0 atom stereocenters. The molecule has 0 radical (unpaired) electrons. The molecule has 0 saturated carbocycles. The number of benzene rings is 2. The van der Waals surface area contributed by atoms with E-state index in [0.29, 0.717) is 56.8 Å². The Bertz CT molecular complexity index is 1610. The van der Waals surface area contributed by atoms with Gasteiger partial charge in [0.25, 0.3) is 0 Å². The number of carbonyl (C=O) groups is 1. The average molecular weight is 609 g/mol. The lowest BCUT2D eigenvalue weighted by Crippen LogP contribution is -2.24. The number of pyridine rings is 1. The summed E-state index contributed by atoms with van der Waals surface area (Å²) in [5.74, 6) is 1.76. The molecule has 0 unspecified atom stereocenters. The number of likely N-dealkylation sites (N-methyl/N-ethyl adjacent to an activating group) is 1. The van der Waals surface area contributed by atoms with Crippen LogP contribution in [0.4, 0.5) is 28.7 Å². The zero-order valence-corrected chi connectivity index (χ0v) is 25.3. The van der Waals surface area contributed by atoms with E-state index in [1.54, 1.807) is 18.3 Å². The highest BCUT2D eigenvalue weighted by molar-refractivity contribution is 5.99. The van der Waals surface area contributed by atoms with Crippen LogP contribution in [-0.2, 0) is 16.1 Å². The summed E-state index contributed by atoms with van der Waals surface area (Å²) in [7, 11) is 1.93. The van der Waals surface area contributed by atoms with Crippen molar-refractivity contribution < 1.29 is 14.3 Å². The van der Waals surface area contributed by atoms with E-state index in [9.17, 15) is 4.79 Å². The van der Waals surface area contributed by atoms with Gasteiger partial charge in [0.2, 0.25) is 5.91 Å². The summed E-state index contributed by atoms with van der Waals surface area (Å²) in [6.45, 7) is 4.87. The topological polar surface area (TPSA) is 162 Å². The number of aryl methyl sites for hydroxylation is 1. The molecule has 0 aliphatic rings. The number of hydrogen-bond donors (Lipinski definition) is 3. The molecular weight excluding hydrogens is 572 g/mol. The predicted octanol–water partition coefficient (Wildman–Crippen LogP) is 6.00.